The number of rotatable bonds is 9. The molecule has 36 heavy (non-hydrogen) atoms. The molecule has 0 saturated carbocycles. The highest BCUT2D eigenvalue weighted by molar-refractivity contribution is 6.01. The maximum atomic E-state index is 12.1. The van der Waals surface area contributed by atoms with E-state index in [9.17, 15) is 4.79 Å². The van der Waals surface area contributed by atoms with Crippen LogP contribution in [0.2, 0.25) is 0 Å². The van der Waals surface area contributed by atoms with Gasteiger partial charge >= 0.3 is 0 Å². The van der Waals surface area contributed by atoms with E-state index < -0.39 is 0 Å². The van der Waals surface area contributed by atoms with Crippen molar-refractivity contribution in [1.29, 1.82) is 5.26 Å². The molecule has 2 aliphatic rings. The Balaban J connectivity index is 1.21. The number of aromatic nitrogens is 1. The van der Waals surface area contributed by atoms with Crippen LogP contribution in [0.3, 0.4) is 0 Å². The first-order valence-electron chi connectivity index (χ1n) is 12.7. The number of nitrogens with zero attached hydrogens (tertiary/aromatic N) is 4. The first-order valence-corrected chi connectivity index (χ1v) is 12.7. The van der Waals surface area contributed by atoms with Gasteiger partial charge in [0.2, 0.25) is 0 Å². The fourth-order valence-electron chi connectivity index (χ4n) is 5.26. The number of ether oxygens (including phenoxy) is 2. The van der Waals surface area contributed by atoms with Gasteiger partial charge in [-0.1, -0.05) is 17.3 Å². The molecule has 1 aromatic heterocycles. The molecule has 2 aliphatic heterocycles. The first kappa shape index (κ1) is 24.4. The zero-order valence-corrected chi connectivity index (χ0v) is 20.7. The predicted octanol–water partition coefficient (Wildman–Crippen LogP) is 4.17. The van der Waals surface area contributed by atoms with Gasteiger partial charge in [-0.25, -0.2) is 0 Å². The molecule has 188 valence electrons. The van der Waals surface area contributed by atoms with E-state index in [2.05, 4.69) is 16.1 Å². The smallest absolute Gasteiger partial charge is 0.179 e. The predicted molar refractivity (Wildman–Crippen MR) is 136 cm³/mol. The number of carbonyl (C=O) groups excluding carboxylic acids is 1. The highest BCUT2D eigenvalue weighted by atomic mass is 16.7. The van der Waals surface area contributed by atoms with Crippen molar-refractivity contribution in [3.8, 4) is 6.07 Å². The fraction of sp³-hybridized carbons (Fsp3) is 0.464. The Morgan fingerprint density at radius 3 is 2.58 bits per heavy atom. The maximum absolute atomic E-state index is 12.1. The molecule has 2 saturated heterocycles. The highest BCUT2D eigenvalue weighted by Gasteiger charge is 2.25. The molecule has 0 unspecified atom stereocenters. The van der Waals surface area contributed by atoms with Crippen molar-refractivity contribution in [2.24, 2.45) is 5.92 Å². The molecule has 2 fully saturated rings. The summed E-state index contributed by atoms with van der Waals surface area (Å²) in [5, 5.41) is 14.3. The second-order valence-electron chi connectivity index (χ2n) is 9.74. The molecular weight excluding hydrogens is 456 g/mol. The third kappa shape index (κ3) is 5.44. The number of aldehydes is 1. The van der Waals surface area contributed by atoms with Gasteiger partial charge in [0.15, 0.2) is 18.2 Å². The second kappa shape index (κ2) is 11.2. The zero-order chi connectivity index (χ0) is 24.9. The van der Waals surface area contributed by atoms with Crippen LogP contribution >= 0.6 is 0 Å². The molecule has 0 atom stereocenters. The molecule has 0 amide bonds. The van der Waals surface area contributed by atoms with Gasteiger partial charge in [0.25, 0.3) is 0 Å². The maximum Gasteiger partial charge on any atom is 0.179 e. The third-order valence-electron chi connectivity index (χ3n) is 7.36. The number of hydrogen-bond acceptors (Lipinski definition) is 8. The minimum absolute atomic E-state index is 0.0666. The number of piperidine rings is 1. The van der Waals surface area contributed by atoms with Crippen molar-refractivity contribution >= 4 is 22.9 Å². The topological polar surface area (TPSA) is 91.8 Å². The molecule has 5 rings (SSSR count). The van der Waals surface area contributed by atoms with E-state index in [1.165, 1.54) is 0 Å². The lowest BCUT2D eigenvalue weighted by Crippen LogP contribution is -2.39. The minimum atomic E-state index is -0.0666. The van der Waals surface area contributed by atoms with E-state index in [0.29, 0.717) is 42.4 Å². The molecule has 2 aromatic carbocycles. The van der Waals surface area contributed by atoms with Gasteiger partial charge < -0.3 is 18.9 Å². The van der Waals surface area contributed by atoms with Crippen LogP contribution in [0.15, 0.2) is 40.9 Å². The lowest BCUT2D eigenvalue weighted by atomic mass is 9.91. The van der Waals surface area contributed by atoms with Gasteiger partial charge in [-0.05, 0) is 74.5 Å². The van der Waals surface area contributed by atoms with E-state index in [1.807, 2.05) is 36.2 Å². The number of likely N-dealkylation sites (tertiary alicyclic amines) is 1. The zero-order valence-electron chi connectivity index (χ0n) is 20.7. The van der Waals surface area contributed by atoms with Gasteiger partial charge in [0, 0.05) is 25.5 Å². The van der Waals surface area contributed by atoms with Crippen LogP contribution in [0.4, 0.5) is 5.69 Å². The van der Waals surface area contributed by atoms with Crippen molar-refractivity contribution in [2.45, 2.75) is 38.5 Å². The lowest BCUT2D eigenvalue weighted by Gasteiger charge is -2.32. The normalized spacial score (nSPS) is 17.4. The molecule has 3 aromatic rings. The second-order valence-corrected chi connectivity index (χ2v) is 9.74. The molecule has 8 nitrogen and oxygen atoms in total. The summed E-state index contributed by atoms with van der Waals surface area (Å²) in [7, 11) is 1.95. The SMILES string of the molecule is CN(Cc1ccc(C#N)cc1)c1ccc2c(CCC3CCN(CC4OCCO4)CC3)noc2c1C=O. The number of benzene rings is 2. The van der Waals surface area contributed by atoms with E-state index in [-0.39, 0.29) is 6.29 Å². The standard InChI is InChI=1S/C28H32N4O4/c1-31(17-22-4-2-21(16-29)3-5-22)26-9-7-23-25(30-36-28(23)24(26)19-33)8-6-20-10-12-32(13-11-20)18-27-34-14-15-35-27/h2-5,7,9,19-20,27H,6,8,10-15,17-18H2,1H3. The Morgan fingerprint density at radius 2 is 1.89 bits per heavy atom. The summed E-state index contributed by atoms with van der Waals surface area (Å²) < 4.78 is 16.9. The van der Waals surface area contributed by atoms with E-state index >= 15 is 0 Å². The Kier molecular flexibility index (Phi) is 7.61. The van der Waals surface area contributed by atoms with Crippen molar-refractivity contribution in [1.82, 2.24) is 10.1 Å². The molecule has 8 heteroatoms. The van der Waals surface area contributed by atoms with Crippen LogP contribution in [0.25, 0.3) is 11.0 Å². The summed E-state index contributed by atoms with van der Waals surface area (Å²) in [6.07, 6.45) is 5.00. The number of nitriles is 1. The third-order valence-corrected chi connectivity index (χ3v) is 7.36. The molecule has 0 spiro atoms. The summed E-state index contributed by atoms with van der Waals surface area (Å²) in [4.78, 5) is 16.5. The molecule has 0 aliphatic carbocycles. The van der Waals surface area contributed by atoms with Gasteiger partial charge in [-0.15, -0.1) is 0 Å². The minimum Gasteiger partial charge on any atom is -0.370 e. The van der Waals surface area contributed by atoms with Crippen LogP contribution in [0, 0.1) is 17.2 Å². The Bertz CT molecular complexity index is 1220. The average Bonchev–Trinajstić information content (AvgIpc) is 3.58. The summed E-state index contributed by atoms with van der Waals surface area (Å²) in [5.41, 5.74) is 4.48. The summed E-state index contributed by atoms with van der Waals surface area (Å²) in [6.45, 7) is 5.00. The van der Waals surface area contributed by atoms with E-state index in [1.54, 1.807) is 12.1 Å². The van der Waals surface area contributed by atoms with Crippen molar-refractivity contribution in [3.05, 3.63) is 58.8 Å². The molecular formula is C28H32N4O4. The van der Waals surface area contributed by atoms with Crippen LogP contribution < -0.4 is 4.90 Å². The molecule has 3 heterocycles. The largest absolute Gasteiger partial charge is 0.370 e. The summed E-state index contributed by atoms with van der Waals surface area (Å²) in [5.74, 6) is 0.654. The van der Waals surface area contributed by atoms with Crippen LogP contribution in [0.5, 0.6) is 0 Å². The molecule has 0 radical (unpaired) electrons. The Hall–Kier alpha value is -3.25. The monoisotopic (exact) mass is 488 g/mol. The van der Waals surface area contributed by atoms with E-state index in [4.69, 9.17) is 19.3 Å². The lowest BCUT2D eigenvalue weighted by molar-refractivity contribution is -0.0661. The van der Waals surface area contributed by atoms with Gasteiger partial charge in [0.05, 0.1) is 41.8 Å². The quantitative estimate of drug-likeness (QED) is 0.415. The summed E-state index contributed by atoms with van der Waals surface area (Å²) >= 11 is 0. The van der Waals surface area contributed by atoms with Gasteiger partial charge in [0.1, 0.15) is 0 Å². The van der Waals surface area contributed by atoms with Gasteiger partial charge in [-0.3, -0.25) is 9.69 Å². The highest BCUT2D eigenvalue weighted by Crippen LogP contribution is 2.32. The first-order chi connectivity index (χ1) is 17.6. The van der Waals surface area contributed by atoms with Crippen molar-refractivity contribution in [3.63, 3.8) is 0 Å². The molecule has 0 bridgehead atoms. The number of hydrogen-bond donors (Lipinski definition) is 0. The number of carbonyl (C=O) groups is 1. The van der Waals surface area contributed by atoms with Crippen molar-refractivity contribution < 1.29 is 18.8 Å². The average molecular weight is 489 g/mol. The Morgan fingerprint density at radius 1 is 1.14 bits per heavy atom. The van der Waals surface area contributed by atoms with Crippen LogP contribution in [0.1, 0.15) is 46.4 Å². The van der Waals surface area contributed by atoms with Crippen molar-refractivity contribution in [2.75, 3.05) is 44.8 Å². The summed E-state index contributed by atoms with van der Waals surface area (Å²) in [6, 6.07) is 13.6. The van der Waals surface area contributed by atoms with Gasteiger partial charge in [-0.2, -0.15) is 5.26 Å². The van der Waals surface area contributed by atoms with E-state index in [0.717, 1.165) is 73.9 Å². The van der Waals surface area contributed by atoms with Crippen LogP contribution in [-0.2, 0) is 22.4 Å². The molecule has 0 N–H and O–H groups in total. The number of aryl methyl sites for hydroxylation is 1. The van der Waals surface area contributed by atoms with Crippen LogP contribution in [-0.4, -0.2) is 62.5 Å². The fourth-order valence-corrected chi connectivity index (χ4v) is 5.26. The Labute approximate surface area is 211 Å². The number of fused-ring (bicyclic) bond motifs is 1. The number of anilines is 1.